The standard InChI is InChI=1S/C10H19N3O/c1-12(2)3-4-13-9-5-8(9)6-11-7-10(13)14/h8-9,11H,3-7H2,1-2H3. The van der Waals surface area contributed by atoms with Gasteiger partial charge in [0.2, 0.25) is 5.91 Å². The summed E-state index contributed by atoms with van der Waals surface area (Å²) in [5.41, 5.74) is 0. The predicted octanol–water partition coefficient (Wildman–Crippen LogP) is -0.632. The zero-order valence-electron chi connectivity index (χ0n) is 8.99. The van der Waals surface area contributed by atoms with E-state index in [1.807, 2.05) is 14.1 Å². The van der Waals surface area contributed by atoms with Crippen molar-refractivity contribution in [2.75, 3.05) is 40.3 Å². The Hall–Kier alpha value is -0.610. The molecule has 80 valence electrons. The monoisotopic (exact) mass is 197 g/mol. The maximum atomic E-state index is 11.7. The van der Waals surface area contributed by atoms with Gasteiger partial charge in [-0.2, -0.15) is 0 Å². The number of carbonyl (C=O) groups is 1. The van der Waals surface area contributed by atoms with E-state index in [0.29, 0.717) is 12.6 Å². The van der Waals surface area contributed by atoms with E-state index in [-0.39, 0.29) is 5.91 Å². The molecule has 2 atom stereocenters. The number of likely N-dealkylation sites (N-methyl/N-ethyl adjacent to an activating group) is 1. The van der Waals surface area contributed by atoms with Gasteiger partial charge < -0.3 is 15.1 Å². The van der Waals surface area contributed by atoms with Gasteiger partial charge in [0.05, 0.1) is 6.54 Å². The highest BCUT2D eigenvalue weighted by Gasteiger charge is 2.44. The molecule has 0 radical (unpaired) electrons. The van der Waals surface area contributed by atoms with E-state index in [1.165, 1.54) is 6.42 Å². The Bertz CT molecular complexity index is 229. The van der Waals surface area contributed by atoms with E-state index in [2.05, 4.69) is 15.1 Å². The van der Waals surface area contributed by atoms with Crippen LogP contribution < -0.4 is 5.32 Å². The first-order valence-electron chi connectivity index (χ1n) is 5.33. The molecule has 2 fully saturated rings. The fraction of sp³-hybridized carbons (Fsp3) is 0.900. The van der Waals surface area contributed by atoms with Gasteiger partial charge in [0.25, 0.3) is 0 Å². The van der Waals surface area contributed by atoms with Crippen molar-refractivity contribution in [1.82, 2.24) is 15.1 Å². The smallest absolute Gasteiger partial charge is 0.236 e. The molecule has 1 aliphatic carbocycles. The summed E-state index contributed by atoms with van der Waals surface area (Å²) >= 11 is 0. The maximum absolute atomic E-state index is 11.7. The normalized spacial score (nSPS) is 31.6. The number of rotatable bonds is 3. The minimum atomic E-state index is 0.275. The fourth-order valence-corrected chi connectivity index (χ4v) is 2.08. The second kappa shape index (κ2) is 3.87. The van der Waals surface area contributed by atoms with Gasteiger partial charge in [-0.3, -0.25) is 4.79 Å². The Morgan fingerprint density at radius 3 is 3.07 bits per heavy atom. The van der Waals surface area contributed by atoms with Gasteiger partial charge in [-0.1, -0.05) is 0 Å². The summed E-state index contributed by atoms with van der Waals surface area (Å²) in [6, 6.07) is 0.539. The fourth-order valence-electron chi connectivity index (χ4n) is 2.08. The van der Waals surface area contributed by atoms with Crippen LogP contribution in [0.3, 0.4) is 0 Å². The molecule has 2 rings (SSSR count). The summed E-state index contributed by atoms with van der Waals surface area (Å²) in [4.78, 5) is 15.9. The molecular weight excluding hydrogens is 178 g/mol. The molecule has 0 spiro atoms. The first kappa shape index (κ1) is 9.93. The van der Waals surface area contributed by atoms with E-state index in [4.69, 9.17) is 0 Å². The van der Waals surface area contributed by atoms with Crippen LogP contribution in [-0.4, -0.2) is 62.0 Å². The first-order valence-corrected chi connectivity index (χ1v) is 5.33. The molecule has 0 aromatic heterocycles. The highest BCUT2D eigenvalue weighted by molar-refractivity contribution is 5.79. The van der Waals surface area contributed by atoms with Crippen LogP contribution in [0.15, 0.2) is 0 Å². The third-order valence-corrected chi connectivity index (χ3v) is 3.08. The predicted molar refractivity (Wildman–Crippen MR) is 55.0 cm³/mol. The van der Waals surface area contributed by atoms with Gasteiger partial charge in [0.15, 0.2) is 0 Å². The Balaban J connectivity index is 1.90. The van der Waals surface area contributed by atoms with E-state index < -0.39 is 0 Å². The lowest BCUT2D eigenvalue weighted by Gasteiger charge is -2.23. The Kier molecular flexibility index (Phi) is 2.74. The second-order valence-corrected chi connectivity index (χ2v) is 4.58. The molecule has 1 heterocycles. The zero-order chi connectivity index (χ0) is 10.1. The minimum absolute atomic E-state index is 0.275. The van der Waals surface area contributed by atoms with Crippen molar-refractivity contribution in [3.63, 3.8) is 0 Å². The van der Waals surface area contributed by atoms with E-state index >= 15 is 0 Å². The largest absolute Gasteiger partial charge is 0.337 e. The van der Waals surface area contributed by atoms with Gasteiger partial charge >= 0.3 is 0 Å². The molecule has 2 unspecified atom stereocenters. The van der Waals surface area contributed by atoms with Gasteiger partial charge in [-0.05, 0) is 26.4 Å². The van der Waals surface area contributed by atoms with Crippen molar-refractivity contribution >= 4 is 5.91 Å². The highest BCUT2D eigenvalue weighted by Crippen LogP contribution is 2.36. The summed E-state index contributed by atoms with van der Waals surface area (Å²) in [6.45, 7) is 3.40. The summed E-state index contributed by atoms with van der Waals surface area (Å²) in [5, 5.41) is 3.20. The van der Waals surface area contributed by atoms with Crippen LogP contribution in [-0.2, 0) is 4.79 Å². The Labute approximate surface area is 85.2 Å². The number of fused-ring (bicyclic) bond motifs is 1. The molecule has 1 aliphatic heterocycles. The van der Waals surface area contributed by atoms with Crippen molar-refractivity contribution in [3.8, 4) is 0 Å². The van der Waals surface area contributed by atoms with E-state index in [0.717, 1.165) is 25.6 Å². The van der Waals surface area contributed by atoms with Crippen LogP contribution >= 0.6 is 0 Å². The SMILES string of the molecule is CN(C)CCN1C(=O)CNCC2CC21. The van der Waals surface area contributed by atoms with Crippen LogP contribution in [0.5, 0.6) is 0 Å². The molecular formula is C10H19N3O. The van der Waals surface area contributed by atoms with E-state index in [1.54, 1.807) is 0 Å². The van der Waals surface area contributed by atoms with Crippen molar-refractivity contribution in [2.45, 2.75) is 12.5 Å². The molecule has 1 saturated carbocycles. The molecule has 2 aliphatic rings. The van der Waals surface area contributed by atoms with Crippen LogP contribution in [0.2, 0.25) is 0 Å². The van der Waals surface area contributed by atoms with Crippen molar-refractivity contribution in [3.05, 3.63) is 0 Å². The molecule has 4 heteroatoms. The summed E-state index contributed by atoms with van der Waals surface area (Å²) in [6.07, 6.45) is 1.20. The average molecular weight is 197 g/mol. The molecule has 1 saturated heterocycles. The number of hydrogen-bond acceptors (Lipinski definition) is 3. The molecule has 0 bridgehead atoms. The van der Waals surface area contributed by atoms with Gasteiger partial charge in [-0.15, -0.1) is 0 Å². The Morgan fingerprint density at radius 1 is 1.57 bits per heavy atom. The number of carbonyl (C=O) groups excluding carboxylic acids is 1. The van der Waals surface area contributed by atoms with Gasteiger partial charge in [-0.25, -0.2) is 0 Å². The number of nitrogens with one attached hydrogen (secondary N) is 1. The number of nitrogens with zero attached hydrogens (tertiary/aromatic N) is 2. The molecule has 1 N–H and O–H groups in total. The van der Waals surface area contributed by atoms with Crippen molar-refractivity contribution in [2.24, 2.45) is 5.92 Å². The minimum Gasteiger partial charge on any atom is -0.337 e. The third-order valence-electron chi connectivity index (χ3n) is 3.08. The number of amides is 1. The average Bonchev–Trinajstić information content (AvgIpc) is 2.83. The summed E-state index contributed by atoms with van der Waals surface area (Å²) < 4.78 is 0. The van der Waals surface area contributed by atoms with Crippen LogP contribution in [0, 0.1) is 5.92 Å². The summed E-state index contributed by atoms with van der Waals surface area (Å²) in [5.74, 6) is 1.00. The Morgan fingerprint density at radius 2 is 2.36 bits per heavy atom. The highest BCUT2D eigenvalue weighted by atomic mass is 16.2. The topological polar surface area (TPSA) is 35.6 Å². The second-order valence-electron chi connectivity index (χ2n) is 4.58. The third kappa shape index (κ3) is 2.07. The zero-order valence-corrected chi connectivity index (χ0v) is 8.99. The number of hydrogen-bond donors (Lipinski definition) is 1. The van der Waals surface area contributed by atoms with E-state index in [9.17, 15) is 4.79 Å². The van der Waals surface area contributed by atoms with Crippen LogP contribution in [0.4, 0.5) is 0 Å². The summed E-state index contributed by atoms with van der Waals surface area (Å²) in [7, 11) is 4.09. The lowest BCUT2D eigenvalue weighted by molar-refractivity contribution is -0.130. The molecule has 0 aromatic carbocycles. The van der Waals surface area contributed by atoms with Crippen LogP contribution in [0.1, 0.15) is 6.42 Å². The quantitative estimate of drug-likeness (QED) is 0.654. The van der Waals surface area contributed by atoms with Gasteiger partial charge in [0, 0.05) is 25.7 Å². The van der Waals surface area contributed by atoms with Crippen molar-refractivity contribution < 1.29 is 4.79 Å². The maximum Gasteiger partial charge on any atom is 0.236 e. The lowest BCUT2D eigenvalue weighted by Crippen LogP contribution is -2.41. The van der Waals surface area contributed by atoms with Crippen LogP contribution in [0.25, 0.3) is 0 Å². The molecule has 4 nitrogen and oxygen atoms in total. The molecule has 0 aromatic rings. The lowest BCUT2D eigenvalue weighted by atomic mass is 10.4. The molecule has 14 heavy (non-hydrogen) atoms. The molecule has 1 amide bonds. The van der Waals surface area contributed by atoms with Crippen molar-refractivity contribution in [1.29, 1.82) is 0 Å². The first-order chi connectivity index (χ1) is 6.68. The van der Waals surface area contributed by atoms with Gasteiger partial charge in [0.1, 0.15) is 0 Å².